The summed E-state index contributed by atoms with van der Waals surface area (Å²) in [7, 11) is 0. The summed E-state index contributed by atoms with van der Waals surface area (Å²) >= 11 is 4.23. The van der Waals surface area contributed by atoms with Gasteiger partial charge < -0.3 is 5.11 Å². The maximum Gasteiger partial charge on any atom is 0.337 e. The summed E-state index contributed by atoms with van der Waals surface area (Å²) in [5.74, 6) is -0.944. The Bertz CT molecular complexity index is 778. The summed E-state index contributed by atoms with van der Waals surface area (Å²) in [6.45, 7) is 0. The number of aromatic carboxylic acids is 1. The third-order valence-electron chi connectivity index (χ3n) is 3.08. The number of carboxylic acids is 1. The van der Waals surface area contributed by atoms with E-state index >= 15 is 0 Å². The van der Waals surface area contributed by atoms with Gasteiger partial charge in [-0.1, -0.05) is 30.3 Å². The zero-order valence-electron chi connectivity index (χ0n) is 9.42. The lowest BCUT2D eigenvalue weighted by Crippen LogP contribution is -1.99. The first-order valence-corrected chi connectivity index (χ1v) is 5.99. The van der Waals surface area contributed by atoms with Gasteiger partial charge in [-0.05, 0) is 39.7 Å². The van der Waals surface area contributed by atoms with Gasteiger partial charge in [0.05, 0.1) is 5.56 Å². The zero-order chi connectivity index (χ0) is 12.7. The summed E-state index contributed by atoms with van der Waals surface area (Å²) in [6.07, 6.45) is 0. The van der Waals surface area contributed by atoms with Crippen LogP contribution < -0.4 is 0 Å². The fourth-order valence-corrected chi connectivity index (χ4v) is 2.52. The van der Waals surface area contributed by atoms with Crippen LogP contribution in [0.3, 0.4) is 0 Å². The van der Waals surface area contributed by atoms with E-state index in [-0.39, 0.29) is 5.56 Å². The molecule has 0 heterocycles. The number of carbonyl (C=O) groups is 1. The second-order valence-electron chi connectivity index (χ2n) is 4.19. The van der Waals surface area contributed by atoms with Crippen molar-refractivity contribution in [1.82, 2.24) is 0 Å². The van der Waals surface area contributed by atoms with Crippen LogP contribution in [0.25, 0.3) is 21.5 Å². The summed E-state index contributed by atoms with van der Waals surface area (Å²) in [6, 6.07) is 15.5. The van der Waals surface area contributed by atoms with Crippen molar-refractivity contribution in [3.05, 3.63) is 54.1 Å². The highest BCUT2D eigenvalue weighted by molar-refractivity contribution is 7.80. The van der Waals surface area contributed by atoms with Gasteiger partial charge in [0.25, 0.3) is 0 Å². The molecule has 0 aliphatic heterocycles. The normalized spacial score (nSPS) is 10.9. The number of hydrogen-bond donors (Lipinski definition) is 2. The molecule has 0 amide bonds. The van der Waals surface area contributed by atoms with Crippen LogP contribution in [0.4, 0.5) is 0 Å². The highest BCUT2D eigenvalue weighted by Crippen LogP contribution is 2.29. The highest BCUT2D eigenvalue weighted by atomic mass is 32.1. The van der Waals surface area contributed by atoms with E-state index in [9.17, 15) is 9.90 Å². The third kappa shape index (κ3) is 1.64. The SMILES string of the molecule is O=C(O)c1c(S)ccc2cc3ccccc3cc12. The minimum Gasteiger partial charge on any atom is -0.478 e. The second kappa shape index (κ2) is 4.03. The van der Waals surface area contributed by atoms with E-state index < -0.39 is 5.97 Å². The molecule has 0 atom stereocenters. The number of thiol groups is 1. The molecular weight excluding hydrogens is 244 g/mol. The number of carboxylic acid groups (broad SMARTS) is 1. The van der Waals surface area contributed by atoms with Gasteiger partial charge in [0.1, 0.15) is 0 Å². The van der Waals surface area contributed by atoms with Crippen LogP contribution in [0, 0.1) is 0 Å². The number of hydrogen-bond acceptors (Lipinski definition) is 2. The van der Waals surface area contributed by atoms with E-state index in [0.717, 1.165) is 21.5 Å². The molecule has 0 fully saturated rings. The Kier molecular flexibility index (Phi) is 2.49. The molecule has 3 rings (SSSR count). The smallest absolute Gasteiger partial charge is 0.337 e. The van der Waals surface area contributed by atoms with Gasteiger partial charge in [0.2, 0.25) is 0 Å². The topological polar surface area (TPSA) is 37.3 Å². The van der Waals surface area contributed by atoms with E-state index in [1.165, 1.54) is 0 Å². The lowest BCUT2D eigenvalue weighted by atomic mass is 10.00. The third-order valence-corrected chi connectivity index (χ3v) is 3.45. The van der Waals surface area contributed by atoms with E-state index in [0.29, 0.717) is 4.90 Å². The van der Waals surface area contributed by atoms with Gasteiger partial charge >= 0.3 is 5.97 Å². The predicted octanol–water partition coefficient (Wildman–Crippen LogP) is 3.98. The Hall–Kier alpha value is -2.00. The maximum atomic E-state index is 11.3. The van der Waals surface area contributed by atoms with Crippen LogP contribution in [-0.4, -0.2) is 11.1 Å². The molecule has 18 heavy (non-hydrogen) atoms. The molecule has 2 nitrogen and oxygen atoms in total. The monoisotopic (exact) mass is 254 g/mol. The first-order valence-electron chi connectivity index (χ1n) is 5.54. The number of fused-ring (bicyclic) bond motifs is 2. The van der Waals surface area contributed by atoms with Crippen molar-refractivity contribution in [3.8, 4) is 0 Å². The maximum absolute atomic E-state index is 11.3. The van der Waals surface area contributed by atoms with Gasteiger partial charge in [0, 0.05) is 4.90 Å². The summed E-state index contributed by atoms with van der Waals surface area (Å²) in [4.78, 5) is 11.8. The Morgan fingerprint density at radius 1 is 0.944 bits per heavy atom. The lowest BCUT2D eigenvalue weighted by Gasteiger charge is -2.07. The average molecular weight is 254 g/mol. The molecule has 1 N–H and O–H groups in total. The Morgan fingerprint density at radius 3 is 2.28 bits per heavy atom. The van der Waals surface area contributed by atoms with Crippen LogP contribution in [0.2, 0.25) is 0 Å². The van der Waals surface area contributed by atoms with Gasteiger partial charge in [-0.15, -0.1) is 12.6 Å². The molecule has 0 bridgehead atoms. The molecule has 0 radical (unpaired) electrons. The van der Waals surface area contributed by atoms with Crippen molar-refractivity contribution in [3.63, 3.8) is 0 Å². The molecule has 3 aromatic carbocycles. The average Bonchev–Trinajstić information content (AvgIpc) is 2.36. The summed E-state index contributed by atoms with van der Waals surface area (Å²) in [5, 5.41) is 13.1. The van der Waals surface area contributed by atoms with Gasteiger partial charge in [-0.2, -0.15) is 0 Å². The van der Waals surface area contributed by atoms with Crippen LogP contribution in [0.5, 0.6) is 0 Å². The van der Waals surface area contributed by atoms with Gasteiger partial charge in [-0.25, -0.2) is 4.79 Å². The highest BCUT2D eigenvalue weighted by Gasteiger charge is 2.12. The largest absolute Gasteiger partial charge is 0.478 e. The Balaban J connectivity index is 2.50. The van der Waals surface area contributed by atoms with Gasteiger partial charge in [-0.3, -0.25) is 0 Å². The lowest BCUT2D eigenvalue weighted by molar-refractivity contribution is 0.0695. The fourth-order valence-electron chi connectivity index (χ4n) is 2.23. The van der Waals surface area contributed by atoms with Crippen LogP contribution >= 0.6 is 12.6 Å². The molecular formula is C15H10O2S. The van der Waals surface area contributed by atoms with Crippen molar-refractivity contribution >= 4 is 40.1 Å². The molecule has 3 heteroatoms. The van der Waals surface area contributed by atoms with Crippen LogP contribution in [0.1, 0.15) is 10.4 Å². The van der Waals surface area contributed by atoms with Crippen molar-refractivity contribution in [1.29, 1.82) is 0 Å². The Labute approximate surface area is 109 Å². The van der Waals surface area contributed by atoms with Crippen molar-refractivity contribution in [2.45, 2.75) is 4.90 Å². The standard InChI is InChI=1S/C15H10O2S/c16-15(17)14-12-8-10-4-2-1-3-9(10)7-11(12)5-6-13(14)18/h1-8,18H,(H,16,17). The molecule has 0 aliphatic rings. The quantitative estimate of drug-likeness (QED) is 0.509. The van der Waals surface area contributed by atoms with E-state index in [1.807, 2.05) is 42.5 Å². The molecule has 0 spiro atoms. The first kappa shape index (κ1) is 11.1. The number of benzene rings is 3. The molecule has 3 aromatic rings. The molecule has 0 aromatic heterocycles. The predicted molar refractivity (Wildman–Crippen MR) is 75.7 cm³/mol. The molecule has 0 saturated heterocycles. The molecule has 0 saturated carbocycles. The second-order valence-corrected chi connectivity index (χ2v) is 4.67. The van der Waals surface area contributed by atoms with Crippen molar-refractivity contribution in [2.75, 3.05) is 0 Å². The van der Waals surface area contributed by atoms with Crippen LogP contribution in [-0.2, 0) is 0 Å². The fraction of sp³-hybridized carbons (Fsp3) is 0. The van der Waals surface area contributed by atoms with E-state index in [2.05, 4.69) is 12.6 Å². The molecule has 88 valence electrons. The molecule has 0 unspecified atom stereocenters. The minimum atomic E-state index is -0.944. The molecule has 0 aliphatic carbocycles. The van der Waals surface area contributed by atoms with E-state index in [1.54, 1.807) is 6.07 Å². The van der Waals surface area contributed by atoms with Crippen molar-refractivity contribution < 1.29 is 9.90 Å². The van der Waals surface area contributed by atoms with E-state index in [4.69, 9.17) is 0 Å². The summed E-state index contributed by atoms with van der Waals surface area (Å²) in [5.41, 5.74) is 0.265. The summed E-state index contributed by atoms with van der Waals surface area (Å²) < 4.78 is 0. The Morgan fingerprint density at radius 2 is 1.61 bits per heavy atom. The zero-order valence-corrected chi connectivity index (χ0v) is 10.3. The number of rotatable bonds is 1. The van der Waals surface area contributed by atoms with Crippen molar-refractivity contribution in [2.24, 2.45) is 0 Å². The van der Waals surface area contributed by atoms with Gasteiger partial charge in [0.15, 0.2) is 0 Å². The minimum absolute atomic E-state index is 0.265. The van der Waals surface area contributed by atoms with Crippen LogP contribution in [0.15, 0.2) is 53.4 Å². The first-order chi connectivity index (χ1) is 8.66.